The van der Waals surface area contributed by atoms with Crippen molar-refractivity contribution in [2.75, 3.05) is 13.7 Å². The molecule has 1 saturated heterocycles. The largest absolute Gasteiger partial charge is 0.414 e. The van der Waals surface area contributed by atoms with E-state index in [9.17, 15) is 0 Å². The van der Waals surface area contributed by atoms with Crippen LogP contribution in [0.3, 0.4) is 0 Å². The highest BCUT2D eigenvalue weighted by Crippen LogP contribution is 2.49. The topological polar surface area (TPSA) is 12.5 Å². The molecule has 0 radical (unpaired) electrons. The zero-order valence-electron chi connectivity index (χ0n) is 16.0. The van der Waals surface area contributed by atoms with Gasteiger partial charge in [-0.05, 0) is 30.0 Å². The van der Waals surface area contributed by atoms with E-state index in [1.54, 1.807) is 0 Å². The number of likely N-dealkylation sites (N-methyl/N-ethyl adjacent to an activating group) is 1. The molecule has 0 saturated carbocycles. The van der Waals surface area contributed by atoms with Crippen LogP contribution in [0, 0.1) is 17.8 Å². The van der Waals surface area contributed by atoms with Crippen molar-refractivity contribution in [3.05, 3.63) is 12.3 Å². The number of rotatable bonds is 4. The lowest BCUT2D eigenvalue weighted by molar-refractivity contribution is 0.0270. The quantitative estimate of drug-likeness (QED) is 0.667. The Bertz CT molecular complexity index is 397. The van der Waals surface area contributed by atoms with Gasteiger partial charge >= 0.3 is 0 Å². The molecule has 0 aromatic carbocycles. The van der Waals surface area contributed by atoms with Crippen LogP contribution in [-0.4, -0.2) is 32.4 Å². The van der Waals surface area contributed by atoms with Crippen molar-refractivity contribution in [3.8, 4) is 0 Å². The third-order valence-corrected chi connectivity index (χ3v) is 11.1. The summed E-state index contributed by atoms with van der Waals surface area (Å²) >= 11 is 0. The maximum Gasteiger partial charge on any atom is 0.192 e. The molecular weight excluding hydrogens is 274 g/mol. The fraction of sp³-hybridized carbons (Fsp3) is 0.889. The average molecular weight is 312 g/mol. The predicted octanol–water partition coefficient (Wildman–Crippen LogP) is 5.13. The van der Waals surface area contributed by atoms with Crippen molar-refractivity contribution in [2.24, 2.45) is 17.8 Å². The Kier molecular flexibility index (Phi) is 5.12. The minimum Gasteiger partial charge on any atom is -0.414 e. The van der Waals surface area contributed by atoms with E-state index in [2.05, 4.69) is 80.1 Å². The molecule has 1 heterocycles. The van der Waals surface area contributed by atoms with E-state index in [0.29, 0.717) is 17.8 Å². The first kappa shape index (κ1) is 18.8. The van der Waals surface area contributed by atoms with Gasteiger partial charge in [-0.3, -0.25) is 0 Å². The van der Waals surface area contributed by atoms with Crippen molar-refractivity contribution in [3.63, 3.8) is 0 Å². The molecule has 0 aliphatic carbocycles. The van der Waals surface area contributed by atoms with Crippen LogP contribution < -0.4 is 0 Å². The van der Waals surface area contributed by atoms with E-state index in [-0.39, 0.29) is 10.6 Å². The second kappa shape index (κ2) is 5.73. The molecule has 0 unspecified atom stereocenters. The molecule has 0 bridgehead atoms. The van der Waals surface area contributed by atoms with Gasteiger partial charge in [0.15, 0.2) is 8.32 Å². The Hall–Kier alpha value is -0.283. The molecule has 1 rings (SSSR count). The SMILES string of the molecule is C=C1[C@H](C)[C@H](C)[C@@](CO[Si](C)(C)C(C)(C)C)(C(C)C)N1C. The van der Waals surface area contributed by atoms with Crippen molar-refractivity contribution in [1.82, 2.24) is 4.90 Å². The summed E-state index contributed by atoms with van der Waals surface area (Å²) in [4.78, 5) is 2.42. The van der Waals surface area contributed by atoms with Gasteiger partial charge in [0.1, 0.15) is 0 Å². The molecule has 1 aliphatic rings. The van der Waals surface area contributed by atoms with Gasteiger partial charge < -0.3 is 9.33 Å². The summed E-state index contributed by atoms with van der Waals surface area (Å²) in [5, 5.41) is 0.258. The van der Waals surface area contributed by atoms with Crippen LogP contribution in [0.5, 0.6) is 0 Å². The van der Waals surface area contributed by atoms with Crippen LogP contribution in [-0.2, 0) is 4.43 Å². The van der Waals surface area contributed by atoms with E-state index in [4.69, 9.17) is 4.43 Å². The van der Waals surface area contributed by atoms with E-state index in [1.165, 1.54) is 5.70 Å². The number of likely N-dealkylation sites (tertiary alicyclic amines) is 1. The Labute approximate surface area is 134 Å². The summed E-state index contributed by atoms with van der Waals surface area (Å²) in [6, 6.07) is 0. The van der Waals surface area contributed by atoms with Gasteiger partial charge in [-0.2, -0.15) is 0 Å². The number of hydrogen-bond donors (Lipinski definition) is 0. The molecule has 0 amide bonds. The average Bonchev–Trinajstić information content (AvgIpc) is 2.49. The van der Waals surface area contributed by atoms with Crippen molar-refractivity contribution < 1.29 is 4.43 Å². The Morgan fingerprint density at radius 1 is 1.29 bits per heavy atom. The lowest BCUT2D eigenvalue weighted by Crippen LogP contribution is -2.56. The summed E-state index contributed by atoms with van der Waals surface area (Å²) in [5.41, 5.74) is 1.33. The first-order valence-corrected chi connectivity index (χ1v) is 11.3. The molecular formula is C18H37NOSi. The number of nitrogens with zero attached hydrogens (tertiary/aromatic N) is 1. The van der Waals surface area contributed by atoms with E-state index >= 15 is 0 Å². The molecule has 124 valence electrons. The van der Waals surface area contributed by atoms with E-state index < -0.39 is 8.32 Å². The van der Waals surface area contributed by atoms with Crippen molar-refractivity contribution >= 4 is 8.32 Å². The van der Waals surface area contributed by atoms with Crippen LogP contribution in [0.15, 0.2) is 12.3 Å². The van der Waals surface area contributed by atoms with Gasteiger partial charge in [0.2, 0.25) is 0 Å². The molecule has 2 nitrogen and oxygen atoms in total. The Balaban J connectivity index is 3.07. The summed E-state index contributed by atoms with van der Waals surface area (Å²) in [5.74, 6) is 1.64. The number of hydrogen-bond acceptors (Lipinski definition) is 2. The lowest BCUT2D eigenvalue weighted by atomic mass is 9.74. The predicted molar refractivity (Wildman–Crippen MR) is 95.9 cm³/mol. The van der Waals surface area contributed by atoms with Crippen LogP contribution in [0.4, 0.5) is 0 Å². The third-order valence-electron chi connectivity index (χ3n) is 6.59. The fourth-order valence-electron chi connectivity index (χ4n) is 3.42. The number of allylic oxidation sites excluding steroid dienone is 1. The van der Waals surface area contributed by atoms with Crippen LogP contribution >= 0.6 is 0 Å². The second-order valence-electron chi connectivity index (χ2n) is 8.82. The van der Waals surface area contributed by atoms with Crippen molar-refractivity contribution in [1.29, 1.82) is 0 Å². The molecule has 0 aromatic heterocycles. The molecule has 1 aliphatic heterocycles. The smallest absolute Gasteiger partial charge is 0.192 e. The summed E-state index contributed by atoms with van der Waals surface area (Å²) in [6.07, 6.45) is 0. The molecule has 0 N–H and O–H groups in total. The maximum absolute atomic E-state index is 6.64. The zero-order valence-corrected chi connectivity index (χ0v) is 17.0. The van der Waals surface area contributed by atoms with Gasteiger partial charge in [0.25, 0.3) is 0 Å². The van der Waals surface area contributed by atoms with E-state index in [0.717, 1.165) is 6.61 Å². The lowest BCUT2D eigenvalue weighted by Gasteiger charge is -2.47. The Morgan fingerprint density at radius 3 is 2.05 bits per heavy atom. The molecule has 3 heteroatoms. The first-order valence-electron chi connectivity index (χ1n) is 8.35. The molecule has 0 spiro atoms. The van der Waals surface area contributed by atoms with Crippen LogP contribution in [0.1, 0.15) is 48.5 Å². The van der Waals surface area contributed by atoms with Crippen molar-refractivity contribution in [2.45, 2.75) is 72.1 Å². The van der Waals surface area contributed by atoms with Gasteiger partial charge in [-0.1, -0.05) is 55.0 Å². The monoisotopic (exact) mass is 311 g/mol. The minimum absolute atomic E-state index is 0.0754. The van der Waals surface area contributed by atoms with Gasteiger partial charge in [-0.15, -0.1) is 0 Å². The molecule has 0 aromatic rings. The van der Waals surface area contributed by atoms with Gasteiger partial charge in [0.05, 0.1) is 12.1 Å². The normalized spacial score (nSPS) is 31.4. The fourth-order valence-corrected chi connectivity index (χ4v) is 4.45. The maximum atomic E-state index is 6.64. The minimum atomic E-state index is -1.72. The van der Waals surface area contributed by atoms with Crippen LogP contribution in [0.25, 0.3) is 0 Å². The summed E-state index contributed by atoms with van der Waals surface area (Å²) < 4.78 is 6.64. The summed E-state index contributed by atoms with van der Waals surface area (Å²) in [7, 11) is 0.481. The van der Waals surface area contributed by atoms with Gasteiger partial charge in [-0.25, -0.2) is 0 Å². The van der Waals surface area contributed by atoms with Crippen LogP contribution in [0.2, 0.25) is 18.1 Å². The standard InChI is InChI=1S/C18H37NOSi/c1-13(2)18(12-20-21(10,11)17(6,7)8)15(4)14(3)16(5)19(18)9/h13-15H,5,12H2,1-4,6-11H3/t14-,15+,18-/m1/s1. The van der Waals surface area contributed by atoms with Gasteiger partial charge in [0, 0.05) is 18.7 Å². The Morgan fingerprint density at radius 2 is 1.76 bits per heavy atom. The second-order valence-corrected chi connectivity index (χ2v) is 13.6. The summed E-state index contributed by atoms with van der Waals surface area (Å²) in [6.45, 7) is 26.1. The highest BCUT2D eigenvalue weighted by atomic mass is 28.4. The zero-order chi connectivity index (χ0) is 16.8. The highest BCUT2D eigenvalue weighted by molar-refractivity contribution is 6.74. The molecule has 1 fully saturated rings. The highest BCUT2D eigenvalue weighted by Gasteiger charge is 2.53. The molecule has 3 atom stereocenters. The first-order chi connectivity index (χ1) is 9.29. The van der Waals surface area contributed by atoms with E-state index in [1.807, 2.05) is 0 Å². The molecule has 21 heavy (non-hydrogen) atoms. The third kappa shape index (κ3) is 2.96.